The summed E-state index contributed by atoms with van der Waals surface area (Å²) in [5.74, 6) is 1.66. The van der Waals surface area contributed by atoms with Crippen LogP contribution < -0.4 is 5.32 Å². The molecule has 0 aromatic rings. The smallest absolute Gasteiger partial charge is 0.193 e. The molecule has 0 aliphatic carbocycles. The van der Waals surface area contributed by atoms with Crippen LogP contribution in [0.2, 0.25) is 0 Å². The number of guanidine groups is 1. The second-order valence-corrected chi connectivity index (χ2v) is 7.43. The molecule has 2 atom stereocenters. The van der Waals surface area contributed by atoms with Crippen molar-refractivity contribution in [1.29, 1.82) is 0 Å². The summed E-state index contributed by atoms with van der Waals surface area (Å²) in [6.07, 6.45) is 3.34. The summed E-state index contributed by atoms with van der Waals surface area (Å²) in [7, 11) is 0. The molecule has 0 bridgehead atoms. The number of rotatable bonds is 8. The molecular formula is C19H36N4O3. The Morgan fingerprint density at radius 3 is 2.81 bits per heavy atom. The molecule has 0 aromatic heterocycles. The molecule has 150 valence electrons. The molecule has 3 aliphatic rings. The van der Waals surface area contributed by atoms with Gasteiger partial charge in [0.1, 0.15) is 0 Å². The van der Waals surface area contributed by atoms with Crippen LogP contribution in [0.25, 0.3) is 0 Å². The van der Waals surface area contributed by atoms with Gasteiger partial charge in [-0.2, -0.15) is 0 Å². The van der Waals surface area contributed by atoms with Crippen molar-refractivity contribution < 1.29 is 14.2 Å². The van der Waals surface area contributed by atoms with Gasteiger partial charge in [-0.1, -0.05) is 0 Å². The van der Waals surface area contributed by atoms with Gasteiger partial charge in [0, 0.05) is 64.4 Å². The Morgan fingerprint density at radius 2 is 2.04 bits per heavy atom. The number of hydrogen-bond acceptors (Lipinski definition) is 5. The second-order valence-electron chi connectivity index (χ2n) is 7.43. The van der Waals surface area contributed by atoms with Crippen molar-refractivity contribution in [1.82, 2.24) is 15.1 Å². The molecule has 3 fully saturated rings. The first-order chi connectivity index (χ1) is 12.9. The molecule has 3 aliphatic heterocycles. The van der Waals surface area contributed by atoms with Gasteiger partial charge < -0.3 is 24.4 Å². The third-order valence-corrected chi connectivity index (χ3v) is 5.45. The van der Waals surface area contributed by atoms with Crippen molar-refractivity contribution in [3.05, 3.63) is 0 Å². The van der Waals surface area contributed by atoms with E-state index in [1.54, 1.807) is 0 Å². The van der Waals surface area contributed by atoms with E-state index in [1.807, 2.05) is 0 Å². The SMILES string of the molecule is CCNC(=NCCCOCC1CCOC1)N1CCC(N2CCOCC2)C1. The van der Waals surface area contributed by atoms with E-state index in [9.17, 15) is 0 Å². The number of likely N-dealkylation sites (tertiary alicyclic amines) is 1. The Kier molecular flexibility index (Phi) is 8.45. The molecule has 26 heavy (non-hydrogen) atoms. The Balaban J connectivity index is 1.36. The van der Waals surface area contributed by atoms with Gasteiger partial charge in [0.2, 0.25) is 0 Å². The van der Waals surface area contributed by atoms with Gasteiger partial charge >= 0.3 is 0 Å². The summed E-state index contributed by atoms with van der Waals surface area (Å²) in [5.41, 5.74) is 0. The first-order valence-corrected chi connectivity index (χ1v) is 10.4. The number of morpholine rings is 1. The predicted octanol–water partition coefficient (Wildman–Crippen LogP) is 0.802. The second kappa shape index (κ2) is 11.1. The molecule has 2 unspecified atom stereocenters. The predicted molar refractivity (Wildman–Crippen MR) is 103 cm³/mol. The molecule has 1 N–H and O–H groups in total. The molecule has 0 amide bonds. The van der Waals surface area contributed by atoms with Gasteiger partial charge in [0.15, 0.2) is 5.96 Å². The van der Waals surface area contributed by atoms with Gasteiger partial charge in [-0.3, -0.25) is 9.89 Å². The largest absolute Gasteiger partial charge is 0.381 e. The lowest BCUT2D eigenvalue weighted by molar-refractivity contribution is 0.0195. The van der Waals surface area contributed by atoms with Crippen molar-refractivity contribution in [3.8, 4) is 0 Å². The number of ether oxygens (including phenoxy) is 3. The van der Waals surface area contributed by atoms with Gasteiger partial charge in [0.25, 0.3) is 0 Å². The molecule has 0 aromatic carbocycles. The van der Waals surface area contributed by atoms with Gasteiger partial charge in [-0.05, 0) is 26.2 Å². The molecule has 7 heteroatoms. The van der Waals surface area contributed by atoms with Crippen LogP contribution in [0.1, 0.15) is 26.2 Å². The Morgan fingerprint density at radius 1 is 1.15 bits per heavy atom. The quantitative estimate of drug-likeness (QED) is 0.389. The average Bonchev–Trinajstić information content (AvgIpc) is 3.36. The molecular weight excluding hydrogens is 332 g/mol. The molecule has 3 heterocycles. The fourth-order valence-electron chi connectivity index (χ4n) is 3.92. The zero-order chi connectivity index (χ0) is 18.0. The molecule has 0 saturated carbocycles. The number of nitrogens with zero attached hydrogens (tertiary/aromatic N) is 3. The lowest BCUT2D eigenvalue weighted by atomic mass is 10.1. The Bertz CT molecular complexity index is 423. The van der Waals surface area contributed by atoms with Crippen LogP contribution in [0, 0.1) is 5.92 Å². The number of nitrogens with one attached hydrogen (secondary N) is 1. The molecule has 3 saturated heterocycles. The summed E-state index contributed by atoms with van der Waals surface area (Å²) in [6, 6.07) is 0.639. The van der Waals surface area contributed by atoms with Crippen LogP contribution in [0.5, 0.6) is 0 Å². The third kappa shape index (κ3) is 6.08. The highest BCUT2D eigenvalue weighted by atomic mass is 16.5. The highest BCUT2D eigenvalue weighted by Gasteiger charge is 2.30. The number of aliphatic imine (C=N–C) groups is 1. The zero-order valence-electron chi connectivity index (χ0n) is 16.3. The Hall–Kier alpha value is -0.890. The lowest BCUT2D eigenvalue weighted by Gasteiger charge is -2.32. The van der Waals surface area contributed by atoms with E-state index in [1.165, 1.54) is 6.42 Å². The van der Waals surface area contributed by atoms with Crippen LogP contribution in [-0.2, 0) is 14.2 Å². The van der Waals surface area contributed by atoms with Crippen molar-refractivity contribution in [3.63, 3.8) is 0 Å². The van der Waals surface area contributed by atoms with Gasteiger partial charge in [-0.25, -0.2) is 0 Å². The van der Waals surface area contributed by atoms with Crippen molar-refractivity contribution in [2.24, 2.45) is 10.9 Å². The van der Waals surface area contributed by atoms with Crippen LogP contribution in [-0.4, -0.2) is 101 Å². The van der Waals surface area contributed by atoms with Gasteiger partial charge in [0.05, 0.1) is 26.4 Å². The standard InChI is InChI=1S/C19H36N4O3/c1-2-20-19(21-6-3-10-25-15-17-5-11-26-16-17)23-7-4-18(14-23)22-8-12-24-13-9-22/h17-18H,2-16H2,1H3,(H,20,21). The third-order valence-electron chi connectivity index (χ3n) is 5.45. The minimum absolute atomic E-state index is 0.595. The summed E-state index contributed by atoms with van der Waals surface area (Å²) in [6.45, 7) is 13.3. The van der Waals surface area contributed by atoms with E-state index in [0.717, 1.165) is 97.7 Å². The van der Waals surface area contributed by atoms with Crippen LogP contribution >= 0.6 is 0 Å². The van der Waals surface area contributed by atoms with E-state index in [-0.39, 0.29) is 0 Å². The molecule has 3 rings (SSSR count). The van der Waals surface area contributed by atoms with Crippen LogP contribution in [0.4, 0.5) is 0 Å². The fraction of sp³-hybridized carbons (Fsp3) is 0.947. The van der Waals surface area contributed by atoms with Gasteiger partial charge in [-0.15, -0.1) is 0 Å². The Labute approximate surface area is 158 Å². The van der Waals surface area contributed by atoms with Crippen molar-refractivity contribution in [2.75, 3.05) is 78.9 Å². The summed E-state index contributed by atoms with van der Waals surface area (Å²) >= 11 is 0. The lowest BCUT2D eigenvalue weighted by Crippen LogP contribution is -2.46. The minimum atomic E-state index is 0.595. The fourth-order valence-corrected chi connectivity index (χ4v) is 3.92. The molecule has 0 spiro atoms. The van der Waals surface area contributed by atoms with E-state index in [4.69, 9.17) is 19.2 Å². The first-order valence-electron chi connectivity index (χ1n) is 10.4. The maximum atomic E-state index is 5.78. The van der Waals surface area contributed by atoms with Crippen LogP contribution in [0.15, 0.2) is 4.99 Å². The van der Waals surface area contributed by atoms with E-state index >= 15 is 0 Å². The topological polar surface area (TPSA) is 58.6 Å². The van der Waals surface area contributed by atoms with E-state index in [2.05, 4.69) is 22.0 Å². The number of hydrogen-bond donors (Lipinski definition) is 1. The monoisotopic (exact) mass is 368 g/mol. The molecule has 0 radical (unpaired) electrons. The summed E-state index contributed by atoms with van der Waals surface area (Å²) in [4.78, 5) is 9.82. The van der Waals surface area contributed by atoms with E-state index in [0.29, 0.717) is 12.0 Å². The highest BCUT2D eigenvalue weighted by molar-refractivity contribution is 5.80. The maximum absolute atomic E-state index is 5.78. The first kappa shape index (κ1) is 19.9. The summed E-state index contributed by atoms with van der Waals surface area (Å²) in [5, 5.41) is 3.46. The van der Waals surface area contributed by atoms with E-state index < -0.39 is 0 Å². The summed E-state index contributed by atoms with van der Waals surface area (Å²) < 4.78 is 16.6. The normalized spacial score (nSPS) is 28.0. The molecule has 7 nitrogen and oxygen atoms in total. The van der Waals surface area contributed by atoms with Crippen molar-refractivity contribution >= 4 is 5.96 Å². The van der Waals surface area contributed by atoms with Crippen molar-refractivity contribution in [2.45, 2.75) is 32.2 Å². The minimum Gasteiger partial charge on any atom is -0.381 e. The van der Waals surface area contributed by atoms with Crippen LogP contribution in [0.3, 0.4) is 0 Å². The maximum Gasteiger partial charge on any atom is 0.193 e. The highest BCUT2D eigenvalue weighted by Crippen LogP contribution is 2.17. The average molecular weight is 369 g/mol. The zero-order valence-corrected chi connectivity index (χ0v) is 16.3.